The van der Waals surface area contributed by atoms with Crippen LogP contribution in [0.4, 0.5) is 19.6 Å². The summed E-state index contributed by atoms with van der Waals surface area (Å²) in [7, 11) is 0. The number of halogens is 2. The highest BCUT2D eigenvalue weighted by molar-refractivity contribution is 5.77. The molecule has 0 saturated carbocycles. The number of hydrogen-bond acceptors (Lipinski definition) is 5. The summed E-state index contributed by atoms with van der Waals surface area (Å²) >= 11 is 0. The number of oxazole rings is 1. The van der Waals surface area contributed by atoms with E-state index >= 15 is 0 Å². The zero-order chi connectivity index (χ0) is 17.5. The molecule has 2 aromatic rings. The molecule has 1 aromatic carbocycles. The molecule has 0 aliphatic heterocycles. The molecule has 1 heterocycles. The number of fused-ring (bicyclic) bond motifs is 1. The minimum atomic E-state index is -1.30. The van der Waals surface area contributed by atoms with Crippen LogP contribution >= 0.6 is 0 Å². The third-order valence-electron chi connectivity index (χ3n) is 3.02. The molecule has 0 atom stereocenters. The molecule has 1 aromatic heterocycles. The monoisotopic (exact) mass is 341 g/mol. The smallest absolute Gasteiger partial charge is 0.404 e. The number of aromatic nitrogens is 1. The summed E-state index contributed by atoms with van der Waals surface area (Å²) in [5, 5.41) is 13.4. The Balaban J connectivity index is 2.09. The molecule has 0 saturated heterocycles. The fourth-order valence-electron chi connectivity index (χ4n) is 1.84. The second-order valence-corrected chi connectivity index (χ2v) is 4.89. The average Bonchev–Trinajstić information content (AvgIpc) is 2.98. The number of hydrogen-bond donors (Lipinski definition) is 3. The van der Waals surface area contributed by atoms with Gasteiger partial charge in [-0.2, -0.15) is 9.37 Å². The lowest BCUT2D eigenvalue weighted by atomic mass is 10.3. The Morgan fingerprint density at radius 3 is 2.96 bits per heavy atom. The number of amides is 1. The van der Waals surface area contributed by atoms with Crippen molar-refractivity contribution in [2.45, 2.75) is 13.3 Å². The van der Waals surface area contributed by atoms with Crippen molar-refractivity contribution >= 4 is 23.2 Å². The highest BCUT2D eigenvalue weighted by atomic mass is 19.1. The zero-order valence-electron chi connectivity index (χ0n) is 12.9. The predicted octanol–water partition coefficient (Wildman–Crippen LogP) is 3.29. The normalized spacial score (nSPS) is 11.5. The van der Waals surface area contributed by atoms with Gasteiger partial charge in [0.2, 0.25) is 5.82 Å². The number of carbonyl (C=O) groups is 1. The van der Waals surface area contributed by atoms with Crippen molar-refractivity contribution in [3.05, 3.63) is 29.9 Å². The largest absolute Gasteiger partial charge is 0.486 e. The SMILES string of the molecule is CCCNc1nc2ccc(OC/C(=C/F)CNC(=O)O)c(F)c2o1. The second kappa shape index (κ2) is 8.14. The Kier molecular flexibility index (Phi) is 5.94. The van der Waals surface area contributed by atoms with E-state index < -0.39 is 11.9 Å². The minimum absolute atomic E-state index is 0.0137. The van der Waals surface area contributed by atoms with Crippen LogP contribution in [0.25, 0.3) is 11.1 Å². The molecule has 0 spiro atoms. The van der Waals surface area contributed by atoms with E-state index in [0.717, 1.165) is 6.42 Å². The quantitative estimate of drug-likeness (QED) is 0.682. The van der Waals surface area contributed by atoms with Crippen molar-refractivity contribution in [2.24, 2.45) is 0 Å². The fourth-order valence-corrected chi connectivity index (χ4v) is 1.84. The number of carboxylic acid groups (broad SMARTS) is 1. The van der Waals surface area contributed by atoms with E-state index in [0.29, 0.717) is 12.1 Å². The fraction of sp³-hybridized carbons (Fsp3) is 0.333. The van der Waals surface area contributed by atoms with E-state index in [-0.39, 0.29) is 42.4 Å². The molecule has 0 aliphatic rings. The lowest BCUT2D eigenvalue weighted by Gasteiger charge is -2.09. The van der Waals surface area contributed by atoms with Crippen molar-refractivity contribution in [2.75, 3.05) is 25.0 Å². The number of benzene rings is 1. The second-order valence-electron chi connectivity index (χ2n) is 4.89. The lowest BCUT2D eigenvalue weighted by Crippen LogP contribution is -2.25. The summed E-state index contributed by atoms with van der Waals surface area (Å²) in [4.78, 5) is 14.5. The van der Waals surface area contributed by atoms with Crippen LogP contribution in [0.5, 0.6) is 5.75 Å². The lowest BCUT2D eigenvalue weighted by molar-refractivity contribution is 0.195. The third kappa shape index (κ3) is 4.34. The Bertz CT molecular complexity index is 746. The van der Waals surface area contributed by atoms with Gasteiger partial charge >= 0.3 is 6.09 Å². The molecule has 24 heavy (non-hydrogen) atoms. The highest BCUT2D eigenvalue weighted by Gasteiger charge is 2.15. The van der Waals surface area contributed by atoms with Crippen LogP contribution in [-0.4, -0.2) is 35.9 Å². The molecule has 9 heteroatoms. The first-order valence-electron chi connectivity index (χ1n) is 7.25. The molecule has 7 nitrogen and oxygen atoms in total. The van der Waals surface area contributed by atoms with Crippen molar-refractivity contribution in [3.63, 3.8) is 0 Å². The Hall–Kier alpha value is -2.84. The summed E-state index contributed by atoms with van der Waals surface area (Å²) in [5.41, 5.74) is 0.271. The van der Waals surface area contributed by atoms with Crippen LogP contribution in [0.2, 0.25) is 0 Å². The highest BCUT2D eigenvalue weighted by Crippen LogP contribution is 2.28. The van der Waals surface area contributed by atoms with E-state index in [9.17, 15) is 13.6 Å². The molecule has 0 radical (unpaired) electrons. The predicted molar refractivity (Wildman–Crippen MR) is 83.5 cm³/mol. The van der Waals surface area contributed by atoms with Gasteiger partial charge in [0, 0.05) is 18.7 Å². The van der Waals surface area contributed by atoms with Gasteiger partial charge in [0.05, 0.1) is 6.33 Å². The summed E-state index contributed by atoms with van der Waals surface area (Å²) < 4.78 is 37.5. The van der Waals surface area contributed by atoms with Gasteiger partial charge in [0.1, 0.15) is 12.1 Å². The maximum absolute atomic E-state index is 14.4. The first-order valence-corrected chi connectivity index (χ1v) is 7.25. The van der Waals surface area contributed by atoms with Crippen molar-refractivity contribution < 1.29 is 27.8 Å². The molecule has 0 fully saturated rings. The first-order chi connectivity index (χ1) is 11.5. The van der Waals surface area contributed by atoms with Crippen molar-refractivity contribution in [3.8, 4) is 5.75 Å². The van der Waals surface area contributed by atoms with E-state index in [1.165, 1.54) is 12.1 Å². The van der Waals surface area contributed by atoms with Crippen LogP contribution < -0.4 is 15.4 Å². The van der Waals surface area contributed by atoms with Crippen LogP contribution in [0.3, 0.4) is 0 Å². The molecule has 3 N–H and O–H groups in total. The van der Waals surface area contributed by atoms with Gasteiger partial charge < -0.3 is 24.9 Å². The average molecular weight is 341 g/mol. The van der Waals surface area contributed by atoms with Gasteiger partial charge in [-0.05, 0) is 18.6 Å². The summed E-state index contributed by atoms with van der Waals surface area (Å²) in [5.74, 6) is -0.899. The minimum Gasteiger partial charge on any atom is -0.486 e. The molecule has 130 valence electrons. The third-order valence-corrected chi connectivity index (χ3v) is 3.02. The van der Waals surface area contributed by atoms with Crippen LogP contribution in [0, 0.1) is 5.82 Å². The van der Waals surface area contributed by atoms with Gasteiger partial charge in [0.15, 0.2) is 11.3 Å². The van der Waals surface area contributed by atoms with Crippen LogP contribution in [-0.2, 0) is 0 Å². The van der Waals surface area contributed by atoms with E-state index in [1.54, 1.807) is 0 Å². The molecular weight excluding hydrogens is 324 g/mol. The maximum Gasteiger partial charge on any atom is 0.404 e. The van der Waals surface area contributed by atoms with E-state index in [4.69, 9.17) is 14.3 Å². The Morgan fingerprint density at radius 1 is 1.50 bits per heavy atom. The number of nitrogens with zero attached hydrogens (tertiary/aromatic N) is 1. The first kappa shape index (κ1) is 17.5. The van der Waals surface area contributed by atoms with Crippen LogP contribution in [0.1, 0.15) is 13.3 Å². The molecule has 2 rings (SSSR count). The Labute approximate surface area is 136 Å². The number of nitrogens with one attached hydrogen (secondary N) is 2. The van der Waals surface area contributed by atoms with Gasteiger partial charge in [-0.15, -0.1) is 0 Å². The van der Waals surface area contributed by atoms with E-state index in [2.05, 4.69) is 10.3 Å². The number of ether oxygens (including phenoxy) is 1. The molecule has 1 amide bonds. The number of anilines is 1. The van der Waals surface area contributed by atoms with Gasteiger partial charge in [-0.3, -0.25) is 0 Å². The summed E-state index contributed by atoms with van der Waals surface area (Å²) in [6.07, 6.45) is -0.220. The van der Waals surface area contributed by atoms with Crippen molar-refractivity contribution in [1.82, 2.24) is 10.3 Å². The maximum atomic E-state index is 14.4. The molecule has 0 unspecified atom stereocenters. The topological polar surface area (TPSA) is 96.6 Å². The van der Waals surface area contributed by atoms with Crippen LogP contribution in [0.15, 0.2) is 28.5 Å². The summed E-state index contributed by atoms with van der Waals surface area (Å²) in [6.45, 7) is 2.04. The molecule has 0 bridgehead atoms. The van der Waals surface area contributed by atoms with Gasteiger partial charge in [-0.25, -0.2) is 9.18 Å². The zero-order valence-corrected chi connectivity index (χ0v) is 12.9. The molecular formula is C15H17F2N3O4. The molecule has 0 aliphatic carbocycles. The Morgan fingerprint density at radius 2 is 2.29 bits per heavy atom. The van der Waals surface area contributed by atoms with Gasteiger partial charge in [-0.1, -0.05) is 6.92 Å². The van der Waals surface area contributed by atoms with E-state index in [1.807, 2.05) is 12.2 Å². The van der Waals surface area contributed by atoms with Gasteiger partial charge in [0.25, 0.3) is 6.01 Å². The standard InChI is InChI=1S/C15H17F2N3O4/c1-2-5-18-14-20-10-3-4-11(12(17)13(10)24-14)23-8-9(6-16)7-19-15(21)22/h3-4,6,19H,2,5,7-8H2,1H3,(H,18,20)(H,21,22)/b9-6+. The van der Waals surface area contributed by atoms with Crippen molar-refractivity contribution in [1.29, 1.82) is 0 Å². The number of rotatable bonds is 8. The summed E-state index contributed by atoms with van der Waals surface area (Å²) in [6, 6.07) is 3.07.